The van der Waals surface area contributed by atoms with E-state index in [1.165, 1.54) is 49.8 Å². The number of carbonyl (C=O) groups is 2. The molecule has 0 saturated carbocycles. The molecule has 0 heterocycles. The van der Waals surface area contributed by atoms with Gasteiger partial charge in [-0.15, -0.1) is 0 Å². The van der Waals surface area contributed by atoms with Gasteiger partial charge in [0.25, 0.3) is 0 Å². The first-order chi connectivity index (χ1) is 10.1. The van der Waals surface area contributed by atoms with Crippen LogP contribution in [-0.4, -0.2) is 76.2 Å². The van der Waals surface area contributed by atoms with Crippen LogP contribution >= 0.6 is 0 Å². The van der Waals surface area contributed by atoms with E-state index in [1.54, 1.807) is 0 Å². The molecule has 0 atom stereocenters. The number of carboxylic acid groups (broad SMARTS) is 2. The molecule has 0 bridgehead atoms. The summed E-state index contributed by atoms with van der Waals surface area (Å²) in [6, 6.07) is 0. The van der Waals surface area contributed by atoms with Crippen LogP contribution in [0.25, 0.3) is 0 Å². The molecule has 22 heavy (non-hydrogen) atoms. The monoisotopic (exact) mass is 324 g/mol. The summed E-state index contributed by atoms with van der Waals surface area (Å²) in [7, 11) is 0. The third-order valence-corrected chi connectivity index (χ3v) is 3.55. The number of hydrogen-bond acceptors (Lipinski definition) is 3. The molecule has 0 aromatic carbocycles. The van der Waals surface area contributed by atoms with Gasteiger partial charge in [-0.2, -0.15) is 0 Å². The van der Waals surface area contributed by atoms with Crippen molar-refractivity contribution in [1.82, 2.24) is 4.90 Å². The van der Waals surface area contributed by atoms with Crippen LogP contribution in [0.15, 0.2) is 0 Å². The molecule has 5 nitrogen and oxygen atoms in total. The Kier molecular flexibility index (Phi) is 18.9. The summed E-state index contributed by atoms with van der Waals surface area (Å²) >= 11 is 0. The van der Waals surface area contributed by atoms with Gasteiger partial charge in [0, 0.05) is 29.6 Å². The molecule has 0 unspecified atom stereocenters. The van der Waals surface area contributed by atoms with E-state index in [9.17, 15) is 9.59 Å². The van der Waals surface area contributed by atoms with Gasteiger partial charge in [0.15, 0.2) is 0 Å². The van der Waals surface area contributed by atoms with Gasteiger partial charge in [0.05, 0.1) is 13.1 Å². The largest absolute Gasteiger partial charge is 0.480 e. The quantitative estimate of drug-likeness (QED) is 0.358. The smallest absolute Gasteiger partial charge is 0.317 e. The van der Waals surface area contributed by atoms with Crippen LogP contribution < -0.4 is 0 Å². The summed E-state index contributed by atoms with van der Waals surface area (Å²) in [4.78, 5) is 22.8. The molecule has 0 aliphatic carbocycles. The van der Waals surface area contributed by atoms with Crippen LogP contribution in [0, 0.1) is 0 Å². The van der Waals surface area contributed by atoms with Crippen molar-refractivity contribution in [3.63, 3.8) is 0 Å². The maximum atomic E-state index is 10.6. The summed E-state index contributed by atoms with van der Waals surface area (Å²) in [5.41, 5.74) is 0. The maximum absolute atomic E-state index is 10.6. The van der Waals surface area contributed by atoms with E-state index < -0.39 is 11.9 Å². The van der Waals surface area contributed by atoms with Gasteiger partial charge in [-0.25, -0.2) is 0 Å². The van der Waals surface area contributed by atoms with Gasteiger partial charge in [-0.1, -0.05) is 64.7 Å². The van der Waals surface area contributed by atoms with Crippen LogP contribution in [0.3, 0.4) is 0 Å². The third-order valence-electron chi connectivity index (χ3n) is 3.55. The minimum atomic E-state index is -0.969. The van der Waals surface area contributed by atoms with Crippen LogP contribution in [0.5, 0.6) is 0 Å². The Morgan fingerprint density at radius 3 is 1.45 bits per heavy atom. The molecule has 125 valence electrons. The molecule has 0 aromatic rings. The Balaban J connectivity index is 0. The third kappa shape index (κ3) is 18.0. The van der Waals surface area contributed by atoms with Crippen LogP contribution in [0.1, 0.15) is 71.1 Å². The number of rotatable bonds is 15. The van der Waals surface area contributed by atoms with Crippen molar-refractivity contribution in [2.75, 3.05) is 19.6 Å². The van der Waals surface area contributed by atoms with Crippen LogP contribution in [0.4, 0.5) is 0 Å². The molecule has 0 amide bonds. The molecular formula is C16H31NNaO4. The van der Waals surface area contributed by atoms with Gasteiger partial charge in [-0.3, -0.25) is 14.5 Å². The summed E-state index contributed by atoms with van der Waals surface area (Å²) in [6.45, 7) is 2.39. The first-order valence-corrected chi connectivity index (χ1v) is 8.22. The first-order valence-electron chi connectivity index (χ1n) is 8.22. The van der Waals surface area contributed by atoms with Crippen molar-refractivity contribution >= 4 is 41.5 Å². The number of nitrogens with zero attached hydrogens (tertiary/aromatic N) is 1. The summed E-state index contributed by atoms with van der Waals surface area (Å²) in [5, 5.41) is 17.4. The zero-order valence-corrected chi connectivity index (χ0v) is 16.4. The van der Waals surface area contributed by atoms with Crippen molar-refractivity contribution in [2.24, 2.45) is 0 Å². The normalized spacial score (nSPS) is 10.5. The minimum absolute atomic E-state index is 0. The molecule has 6 heteroatoms. The molecule has 1 radical (unpaired) electrons. The Hall–Kier alpha value is -0.100. The van der Waals surface area contributed by atoms with Crippen LogP contribution in [-0.2, 0) is 9.59 Å². The standard InChI is InChI=1S/C16H31NO4.Na/c1-2-3-4-5-6-7-8-9-10-11-12-17(13-15(18)19)14-16(20)21;/h2-14H2,1H3,(H,18,19)(H,20,21);. The van der Waals surface area contributed by atoms with E-state index in [2.05, 4.69) is 6.92 Å². The number of unbranched alkanes of at least 4 members (excludes halogenated alkanes) is 9. The van der Waals surface area contributed by atoms with E-state index in [0.29, 0.717) is 6.54 Å². The predicted octanol–water partition coefficient (Wildman–Crippen LogP) is 3.00. The van der Waals surface area contributed by atoms with Gasteiger partial charge in [0.2, 0.25) is 0 Å². The zero-order chi connectivity index (χ0) is 15.9. The Labute approximate surface area is 156 Å². The van der Waals surface area contributed by atoms with Gasteiger partial charge >= 0.3 is 11.9 Å². The molecular weight excluding hydrogens is 293 g/mol. The fourth-order valence-corrected chi connectivity index (χ4v) is 2.42. The average molecular weight is 324 g/mol. The summed E-state index contributed by atoms with van der Waals surface area (Å²) in [6.07, 6.45) is 12.2. The second kappa shape index (κ2) is 17.3. The molecule has 0 fully saturated rings. The van der Waals surface area contributed by atoms with E-state index in [1.807, 2.05) is 0 Å². The molecule has 0 aliphatic rings. The van der Waals surface area contributed by atoms with Crippen molar-refractivity contribution in [2.45, 2.75) is 71.1 Å². The SMILES string of the molecule is CCCCCCCCCCCCN(CC(=O)O)CC(=O)O.[Na]. The number of aliphatic carboxylic acids is 2. The second-order valence-corrected chi connectivity index (χ2v) is 5.68. The average Bonchev–Trinajstić information content (AvgIpc) is 2.39. The van der Waals surface area contributed by atoms with E-state index in [0.717, 1.165) is 19.3 Å². The fourth-order valence-electron chi connectivity index (χ4n) is 2.42. The molecule has 0 aromatic heterocycles. The van der Waals surface area contributed by atoms with Crippen molar-refractivity contribution in [3.8, 4) is 0 Å². The van der Waals surface area contributed by atoms with E-state index in [4.69, 9.17) is 10.2 Å². The van der Waals surface area contributed by atoms with Crippen molar-refractivity contribution in [1.29, 1.82) is 0 Å². The van der Waals surface area contributed by atoms with Crippen LogP contribution in [0.2, 0.25) is 0 Å². The minimum Gasteiger partial charge on any atom is -0.480 e. The first kappa shape index (κ1) is 24.2. The second-order valence-electron chi connectivity index (χ2n) is 5.68. The Morgan fingerprint density at radius 2 is 1.09 bits per heavy atom. The predicted molar refractivity (Wildman–Crippen MR) is 89.3 cm³/mol. The summed E-state index contributed by atoms with van der Waals surface area (Å²) < 4.78 is 0. The molecule has 0 spiro atoms. The van der Waals surface area contributed by atoms with Crippen molar-refractivity contribution < 1.29 is 19.8 Å². The molecule has 0 saturated heterocycles. The molecule has 2 N–H and O–H groups in total. The van der Waals surface area contributed by atoms with E-state index >= 15 is 0 Å². The van der Waals surface area contributed by atoms with Gasteiger partial charge < -0.3 is 10.2 Å². The van der Waals surface area contributed by atoms with Gasteiger partial charge in [-0.05, 0) is 13.0 Å². The van der Waals surface area contributed by atoms with Gasteiger partial charge in [0.1, 0.15) is 0 Å². The fraction of sp³-hybridized carbons (Fsp3) is 0.875. The van der Waals surface area contributed by atoms with E-state index in [-0.39, 0.29) is 42.6 Å². The Morgan fingerprint density at radius 1 is 0.727 bits per heavy atom. The number of hydrogen-bond donors (Lipinski definition) is 2. The molecule has 0 aliphatic heterocycles. The topological polar surface area (TPSA) is 77.8 Å². The number of carboxylic acids is 2. The maximum Gasteiger partial charge on any atom is 0.317 e. The summed E-state index contributed by atoms with van der Waals surface area (Å²) in [5.74, 6) is -1.94. The zero-order valence-electron chi connectivity index (χ0n) is 14.4. The Bertz CT molecular complexity index is 271. The molecule has 0 rings (SSSR count). The van der Waals surface area contributed by atoms with Crippen molar-refractivity contribution in [3.05, 3.63) is 0 Å².